The summed E-state index contributed by atoms with van der Waals surface area (Å²) in [5.41, 5.74) is 3.18. The minimum Gasteiger partial charge on any atom is -0.275 e. The maximum Gasteiger partial charge on any atom is 0.269 e. The van der Waals surface area contributed by atoms with Crippen LogP contribution < -0.4 is 0 Å². The number of hydrogen-bond donors (Lipinski definition) is 0. The van der Waals surface area contributed by atoms with Crippen LogP contribution >= 0.6 is 0 Å². The molecule has 4 aromatic rings. The van der Waals surface area contributed by atoms with Crippen LogP contribution in [0.2, 0.25) is 0 Å². The van der Waals surface area contributed by atoms with E-state index in [9.17, 15) is 8.42 Å². The van der Waals surface area contributed by atoms with Gasteiger partial charge in [-0.1, -0.05) is 32.0 Å². The molecular weight excluding hydrogens is 372 g/mol. The summed E-state index contributed by atoms with van der Waals surface area (Å²) in [5.74, 6) is 0.483. The fourth-order valence-corrected chi connectivity index (χ4v) is 4.73. The SMILES string of the molecule is CC(C)Cc1cnc2c(c1)c(-c1cnn(C)c1)cn2S(=O)(=O)c1ccccc1. The van der Waals surface area contributed by atoms with E-state index >= 15 is 0 Å². The van der Waals surface area contributed by atoms with Gasteiger partial charge in [-0.2, -0.15) is 5.10 Å². The number of rotatable bonds is 5. The van der Waals surface area contributed by atoms with Gasteiger partial charge in [0.25, 0.3) is 10.0 Å². The second-order valence-electron chi connectivity index (χ2n) is 7.37. The van der Waals surface area contributed by atoms with Gasteiger partial charge in [-0.3, -0.25) is 4.68 Å². The van der Waals surface area contributed by atoms with E-state index in [4.69, 9.17) is 0 Å². The van der Waals surface area contributed by atoms with E-state index in [-0.39, 0.29) is 4.90 Å². The Morgan fingerprint density at radius 3 is 2.46 bits per heavy atom. The lowest BCUT2D eigenvalue weighted by Crippen LogP contribution is -2.12. The first-order chi connectivity index (χ1) is 13.4. The van der Waals surface area contributed by atoms with Crippen LogP contribution in [0.15, 0.2) is 66.1 Å². The summed E-state index contributed by atoms with van der Waals surface area (Å²) in [6.45, 7) is 4.30. The molecule has 0 radical (unpaired) electrons. The van der Waals surface area contributed by atoms with Gasteiger partial charge in [0, 0.05) is 42.2 Å². The van der Waals surface area contributed by atoms with Gasteiger partial charge in [0.05, 0.1) is 11.1 Å². The van der Waals surface area contributed by atoms with Crippen LogP contribution in [0.25, 0.3) is 22.2 Å². The molecule has 0 saturated carbocycles. The molecule has 0 unspecified atom stereocenters. The number of pyridine rings is 1. The highest BCUT2D eigenvalue weighted by molar-refractivity contribution is 7.90. The Kier molecular flexibility index (Phi) is 4.55. The number of hydrogen-bond acceptors (Lipinski definition) is 4. The molecular formula is C21H22N4O2S. The lowest BCUT2D eigenvalue weighted by Gasteiger charge is -2.08. The smallest absolute Gasteiger partial charge is 0.269 e. The molecule has 7 heteroatoms. The molecule has 3 aromatic heterocycles. The fraction of sp³-hybridized carbons (Fsp3) is 0.238. The predicted molar refractivity (Wildman–Crippen MR) is 110 cm³/mol. The highest BCUT2D eigenvalue weighted by Gasteiger charge is 2.23. The van der Waals surface area contributed by atoms with E-state index in [0.29, 0.717) is 11.6 Å². The molecule has 0 aliphatic carbocycles. The van der Waals surface area contributed by atoms with Crippen molar-refractivity contribution in [2.75, 3.05) is 0 Å². The van der Waals surface area contributed by atoms with Crippen LogP contribution in [0, 0.1) is 5.92 Å². The lowest BCUT2D eigenvalue weighted by atomic mass is 10.0. The Hall–Kier alpha value is -2.93. The maximum absolute atomic E-state index is 13.3. The van der Waals surface area contributed by atoms with Crippen molar-refractivity contribution in [2.45, 2.75) is 25.2 Å². The average Bonchev–Trinajstić information content (AvgIpc) is 3.25. The third-order valence-electron chi connectivity index (χ3n) is 4.63. The molecule has 0 spiro atoms. The van der Waals surface area contributed by atoms with Crippen LogP contribution in [0.5, 0.6) is 0 Å². The molecule has 0 fully saturated rings. The molecule has 0 N–H and O–H groups in total. The molecule has 3 heterocycles. The second kappa shape index (κ2) is 6.91. The van der Waals surface area contributed by atoms with Gasteiger partial charge in [-0.05, 0) is 36.1 Å². The highest BCUT2D eigenvalue weighted by Crippen LogP contribution is 2.32. The van der Waals surface area contributed by atoms with Crippen molar-refractivity contribution in [3.05, 3.63) is 66.7 Å². The molecule has 0 saturated heterocycles. The second-order valence-corrected chi connectivity index (χ2v) is 9.19. The van der Waals surface area contributed by atoms with Crippen molar-refractivity contribution in [2.24, 2.45) is 13.0 Å². The van der Waals surface area contributed by atoms with Gasteiger partial charge in [-0.25, -0.2) is 17.4 Å². The first-order valence-electron chi connectivity index (χ1n) is 9.16. The quantitative estimate of drug-likeness (QED) is 0.515. The summed E-state index contributed by atoms with van der Waals surface area (Å²) in [4.78, 5) is 4.77. The zero-order valence-electron chi connectivity index (χ0n) is 16.1. The summed E-state index contributed by atoms with van der Waals surface area (Å²) in [5, 5.41) is 5.05. The first kappa shape index (κ1) is 18.4. The summed E-state index contributed by atoms with van der Waals surface area (Å²) >= 11 is 0. The van der Waals surface area contributed by atoms with Crippen molar-refractivity contribution < 1.29 is 8.42 Å². The molecule has 6 nitrogen and oxygen atoms in total. The van der Waals surface area contributed by atoms with Crippen LogP contribution in [-0.4, -0.2) is 27.2 Å². The average molecular weight is 395 g/mol. The lowest BCUT2D eigenvalue weighted by molar-refractivity contribution is 0.588. The minimum atomic E-state index is -3.75. The summed E-state index contributed by atoms with van der Waals surface area (Å²) in [6, 6.07) is 10.5. The van der Waals surface area contributed by atoms with Crippen LogP contribution in [0.4, 0.5) is 0 Å². The Labute approximate surface area is 164 Å². The van der Waals surface area contributed by atoms with Crippen LogP contribution in [0.1, 0.15) is 19.4 Å². The molecule has 0 atom stereocenters. The van der Waals surface area contributed by atoms with E-state index in [0.717, 1.165) is 28.5 Å². The van der Waals surface area contributed by atoms with Gasteiger partial charge in [0.15, 0.2) is 5.65 Å². The van der Waals surface area contributed by atoms with E-state index < -0.39 is 10.0 Å². The molecule has 28 heavy (non-hydrogen) atoms. The summed E-state index contributed by atoms with van der Waals surface area (Å²) in [7, 11) is -1.92. The summed E-state index contributed by atoms with van der Waals surface area (Å²) < 4.78 is 29.5. The fourth-order valence-electron chi connectivity index (χ4n) is 3.39. The van der Waals surface area contributed by atoms with Gasteiger partial charge in [-0.15, -0.1) is 0 Å². The third-order valence-corrected chi connectivity index (χ3v) is 6.29. The predicted octanol–water partition coefficient (Wildman–Crippen LogP) is 3.87. The molecule has 0 aliphatic heterocycles. The van der Waals surface area contributed by atoms with Crippen molar-refractivity contribution in [3.8, 4) is 11.1 Å². The largest absolute Gasteiger partial charge is 0.275 e. The normalized spacial score (nSPS) is 12.1. The molecule has 0 aliphatic rings. The van der Waals surface area contributed by atoms with E-state index in [1.165, 1.54) is 3.97 Å². The Morgan fingerprint density at radius 1 is 1.07 bits per heavy atom. The zero-order valence-corrected chi connectivity index (χ0v) is 16.9. The van der Waals surface area contributed by atoms with Gasteiger partial charge < -0.3 is 0 Å². The summed E-state index contributed by atoms with van der Waals surface area (Å²) in [6.07, 6.45) is 7.92. The highest BCUT2D eigenvalue weighted by atomic mass is 32.2. The third kappa shape index (κ3) is 3.22. The van der Waals surface area contributed by atoms with E-state index in [1.54, 1.807) is 53.6 Å². The van der Waals surface area contributed by atoms with Crippen molar-refractivity contribution in [1.82, 2.24) is 18.7 Å². The van der Waals surface area contributed by atoms with Crippen molar-refractivity contribution in [3.63, 3.8) is 0 Å². The Balaban J connectivity index is 1.98. The number of aryl methyl sites for hydroxylation is 1. The molecule has 4 rings (SSSR count). The number of fused-ring (bicyclic) bond motifs is 1. The van der Waals surface area contributed by atoms with Crippen molar-refractivity contribution in [1.29, 1.82) is 0 Å². The molecule has 0 amide bonds. The Morgan fingerprint density at radius 2 is 1.82 bits per heavy atom. The zero-order chi connectivity index (χ0) is 19.9. The Bertz CT molecular complexity index is 1240. The maximum atomic E-state index is 13.3. The van der Waals surface area contributed by atoms with Crippen molar-refractivity contribution >= 4 is 21.1 Å². The van der Waals surface area contributed by atoms with Gasteiger partial charge >= 0.3 is 0 Å². The molecule has 0 bridgehead atoms. The number of nitrogens with zero attached hydrogens (tertiary/aromatic N) is 4. The molecule has 144 valence electrons. The van der Waals surface area contributed by atoms with Crippen LogP contribution in [-0.2, 0) is 23.5 Å². The standard InChI is InChI=1S/C21H22N4O2S/c1-15(2)9-16-10-19-20(17-12-23-24(3)13-17)14-25(21(19)22-11-16)28(26,27)18-7-5-4-6-8-18/h4-8,10-15H,9H2,1-3H3. The number of benzene rings is 1. The molecule has 1 aromatic carbocycles. The van der Waals surface area contributed by atoms with E-state index in [2.05, 4.69) is 23.9 Å². The topological polar surface area (TPSA) is 69.8 Å². The minimum absolute atomic E-state index is 0.234. The van der Waals surface area contributed by atoms with Crippen LogP contribution in [0.3, 0.4) is 0 Å². The number of aromatic nitrogens is 4. The monoisotopic (exact) mass is 394 g/mol. The first-order valence-corrected chi connectivity index (χ1v) is 10.6. The van der Waals surface area contributed by atoms with Gasteiger partial charge in [0.2, 0.25) is 0 Å². The van der Waals surface area contributed by atoms with E-state index in [1.807, 2.05) is 19.3 Å². The van der Waals surface area contributed by atoms with Gasteiger partial charge in [0.1, 0.15) is 0 Å².